The molecular formula is C52H62F4N2Ti. The van der Waals surface area contributed by atoms with Crippen molar-refractivity contribution < 1.29 is 39.3 Å². The van der Waals surface area contributed by atoms with Crippen molar-refractivity contribution in [3.05, 3.63) is 179 Å². The molecule has 0 bridgehead atoms. The van der Waals surface area contributed by atoms with E-state index in [0.29, 0.717) is 24.9 Å². The molecule has 0 fully saturated rings. The number of rotatable bonds is 18. The Morgan fingerprint density at radius 2 is 0.932 bits per heavy atom. The zero-order chi connectivity index (χ0) is 41.8. The predicted molar refractivity (Wildman–Crippen MR) is 235 cm³/mol. The third-order valence-corrected chi connectivity index (χ3v) is 10.2. The number of hydrogen-bond donors (Lipinski definition) is 2. The number of anilines is 2. The van der Waals surface area contributed by atoms with Gasteiger partial charge in [-0.3, -0.25) is 12.2 Å². The summed E-state index contributed by atoms with van der Waals surface area (Å²) < 4.78 is 53.3. The van der Waals surface area contributed by atoms with Crippen LogP contribution in [0.4, 0.5) is 28.9 Å². The van der Waals surface area contributed by atoms with Crippen LogP contribution in [0.25, 0.3) is 0 Å². The summed E-state index contributed by atoms with van der Waals surface area (Å²) in [5, 5.41) is 6.12. The summed E-state index contributed by atoms with van der Waals surface area (Å²) in [5.74, 6) is -1.35. The van der Waals surface area contributed by atoms with Gasteiger partial charge in [0.15, 0.2) is 0 Å². The first-order valence-electron chi connectivity index (χ1n) is 21.1. The van der Waals surface area contributed by atoms with Crippen LogP contribution in [0.3, 0.4) is 0 Å². The van der Waals surface area contributed by atoms with Crippen LogP contribution < -0.4 is 10.6 Å². The number of halogens is 4. The molecule has 2 unspecified atom stereocenters. The molecule has 2 nitrogen and oxygen atoms in total. The SMILES string of the molecule is CCCCC(CC)Cc1ccccc1CNc1ccc(F)[c-]c1F.CCCCC(CC)Cc1ccccc1CNc1ccc(F)[c-]c1F.[C-]1=CC=CC1.[C-]1=CC=CC1.[Ti+4]. The van der Waals surface area contributed by atoms with E-state index < -0.39 is 23.3 Å². The Kier molecular flexibility index (Phi) is 26.7. The fourth-order valence-corrected chi connectivity index (χ4v) is 6.59. The Morgan fingerprint density at radius 1 is 0.542 bits per heavy atom. The first-order chi connectivity index (χ1) is 28.3. The fourth-order valence-electron chi connectivity index (χ4n) is 6.59. The molecule has 312 valence electrons. The van der Waals surface area contributed by atoms with Crippen LogP contribution in [0.2, 0.25) is 0 Å². The molecule has 2 aliphatic rings. The number of benzene rings is 4. The van der Waals surface area contributed by atoms with Crippen molar-refractivity contribution >= 4 is 11.4 Å². The van der Waals surface area contributed by atoms with Crippen LogP contribution in [-0.4, -0.2) is 0 Å². The molecule has 0 saturated heterocycles. The van der Waals surface area contributed by atoms with E-state index in [4.69, 9.17) is 0 Å². The van der Waals surface area contributed by atoms with Gasteiger partial charge in [0.25, 0.3) is 0 Å². The Hall–Kier alpha value is -4.13. The zero-order valence-electron chi connectivity index (χ0n) is 35.5. The molecule has 0 heterocycles. The standard InChI is InChI=1S/2C21H26F2N.2C5H5.Ti/c2*1-3-5-8-16(4-2)13-17-9-6-7-10-18(17)15-24-21-12-11-19(22)14-20(21)23;2*1-2-4-5-3-1;/h2*6-7,9-12,16,24H,3-5,8,13,15H2,1-2H3;2*1-3H,4H2;/q4*-1;+4. The maximum absolute atomic E-state index is 13.7. The Morgan fingerprint density at radius 3 is 1.22 bits per heavy atom. The average Bonchev–Trinajstić information content (AvgIpc) is 4.03. The second-order valence-corrected chi connectivity index (χ2v) is 14.6. The van der Waals surface area contributed by atoms with Crippen molar-refractivity contribution in [2.45, 2.75) is 118 Å². The van der Waals surface area contributed by atoms with E-state index in [0.717, 1.165) is 36.8 Å². The van der Waals surface area contributed by atoms with E-state index in [1.54, 1.807) is 0 Å². The molecule has 0 amide bonds. The first-order valence-corrected chi connectivity index (χ1v) is 21.1. The molecule has 2 N–H and O–H groups in total. The number of unbranched alkanes of at least 4 members (excludes halogenated alkanes) is 2. The molecule has 0 spiro atoms. The minimum atomic E-state index is -0.680. The molecule has 0 saturated carbocycles. The average molecular weight is 839 g/mol. The smallest absolute Gasteiger partial charge is 0.430 e. The topological polar surface area (TPSA) is 24.1 Å². The molecule has 2 atom stereocenters. The van der Waals surface area contributed by atoms with E-state index in [9.17, 15) is 17.6 Å². The molecule has 4 aromatic rings. The molecule has 59 heavy (non-hydrogen) atoms. The quantitative estimate of drug-likeness (QED) is 0.0593. The number of allylic oxidation sites excluding steroid dienone is 8. The zero-order valence-corrected chi connectivity index (χ0v) is 37.0. The van der Waals surface area contributed by atoms with Gasteiger partial charge >= 0.3 is 21.7 Å². The van der Waals surface area contributed by atoms with Crippen LogP contribution in [0.1, 0.15) is 114 Å². The van der Waals surface area contributed by atoms with Gasteiger partial charge in [0.2, 0.25) is 0 Å². The minimum absolute atomic E-state index is 0. The van der Waals surface area contributed by atoms with Gasteiger partial charge in [0, 0.05) is 36.4 Å². The van der Waals surface area contributed by atoms with Crippen molar-refractivity contribution in [3.8, 4) is 0 Å². The monoisotopic (exact) mass is 838 g/mol. The summed E-state index contributed by atoms with van der Waals surface area (Å²) in [7, 11) is 0. The van der Waals surface area contributed by atoms with Crippen molar-refractivity contribution in [2.24, 2.45) is 11.8 Å². The van der Waals surface area contributed by atoms with Gasteiger partial charge in [-0.25, -0.2) is 41.9 Å². The molecule has 4 aromatic carbocycles. The summed E-state index contributed by atoms with van der Waals surface area (Å²) in [5.41, 5.74) is 5.50. The Bertz CT molecular complexity index is 1710. The molecular weight excluding hydrogens is 776 g/mol. The third-order valence-electron chi connectivity index (χ3n) is 10.2. The summed E-state index contributed by atoms with van der Waals surface area (Å²) in [6.07, 6.45) is 31.9. The third kappa shape index (κ3) is 20.6. The maximum atomic E-state index is 13.7. The largest absolute Gasteiger partial charge is 4.00 e. The Balaban J connectivity index is 0.000000323. The minimum Gasteiger partial charge on any atom is -0.430 e. The van der Waals surface area contributed by atoms with Crippen LogP contribution in [0, 0.1) is 59.4 Å². The van der Waals surface area contributed by atoms with E-state index >= 15 is 0 Å². The van der Waals surface area contributed by atoms with Gasteiger partial charge < -0.3 is 10.6 Å². The molecule has 0 aromatic heterocycles. The molecule has 0 radical (unpaired) electrons. The van der Waals surface area contributed by atoms with E-state index in [1.165, 1.54) is 86.8 Å². The second kappa shape index (κ2) is 30.8. The molecule has 0 aliphatic heterocycles. The van der Waals surface area contributed by atoms with Crippen molar-refractivity contribution in [1.29, 1.82) is 0 Å². The van der Waals surface area contributed by atoms with Crippen molar-refractivity contribution in [1.82, 2.24) is 0 Å². The van der Waals surface area contributed by atoms with Gasteiger partial charge in [-0.15, -0.1) is 49.2 Å². The van der Waals surface area contributed by atoms with Crippen LogP contribution in [0.15, 0.2) is 109 Å². The predicted octanol–water partition coefficient (Wildman–Crippen LogP) is 14.9. The summed E-state index contributed by atoms with van der Waals surface area (Å²) in [6.45, 7) is 9.97. The van der Waals surface area contributed by atoms with Gasteiger partial charge in [-0.2, -0.15) is 12.2 Å². The normalized spacial score (nSPS) is 12.9. The molecule has 7 heteroatoms. The number of nitrogens with one attached hydrogen (secondary N) is 2. The summed E-state index contributed by atoms with van der Waals surface area (Å²) >= 11 is 0. The van der Waals surface area contributed by atoms with Crippen molar-refractivity contribution in [2.75, 3.05) is 10.6 Å². The number of hydrogen-bond acceptors (Lipinski definition) is 2. The Labute approximate surface area is 368 Å². The molecule has 2 aliphatic carbocycles. The fraction of sp³-hybridized carbons (Fsp3) is 0.385. The van der Waals surface area contributed by atoms with E-state index in [1.807, 2.05) is 36.4 Å². The van der Waals surface area contributed by atoms with Gasteiger partial charge in [0.1, 0.15) is 0 Å². The van der Waals surface area contributed by atoms with Gasteiger partial charge in [-0.05, 0) is 58.3 Å². The van der Waals surface area contributed by atoms with E-state index in [-0.39, 0.29) is 33.1 Å². The van der Waals surface area contributed by atoms with Gasteiger partial charge in [-0.1, -0.05) is 128 Å². The molecule has 6 rings (SSSR count). The van der Waals surface area contributed by atoms with Crippen molar-refractivity contribution in [3.63, 3.8) is 0 Å². The second-order valence-electron chi connectivity index (χ2n) is 14.6. The summed E-state index contributed by atoms with van der Waals surface area (Å²) in [4.78, 5) is 0. The maximum Gasteiger partial charge on any atom is 4.00 e. The summed E-state index contributed by atoms with van der Waals surface area (Å²) in [6, 6.07) is 25.9. The van der Waals surface area contributed by atoms with Crippen LogP contribution in [-0.2, 0) is 47.6 Å². The van der Waals surface area contributed by atoms with Crippen LogP contribution in [0.5, 0.6) is 0 Å². The first kappa shape index (κ1) is 51.0. The van der Waals surface area contributed by atoms with Gasteiger partial charge in [0.05, 0.1) is 0 Å². The van der Waals surface area contributed by atoms with Crippen LogP contribution >= 0.6 is 0 Å². The van der Waals surface area contributed by atoms with E-state index in [2.05, 4.69) is 111 Å².